The average molecular weight is 177 g/mol. The third-order valence-corrected chi connectivity index (χ3v) is 2.28. The molecule has 0 saturated heterocycles. The summed E-state index contributed by atoms with van der Waals surface area (Å²) in [6.45, 7) is 4.21. The Kier molecular flexibility index (Phi) is 2.63. The van der Waals surface area contributed by atoms with E-state index in [2.05, 4.69) is 23.2 Å². The molecule has 4 heteroatoms. The molecule has 1 unspecified atom stereocenters. The first kappa shape index (κ1) is 7.95. The maximum absolute atomic E-state index is 5.61. The molecule has 2 nitrogen and oxygen atoms in total. The number of nitrogens with zero attached hydrogens (tertiary/aromatic N) is 2. The van der Waals surface area contributed by atoms with Crippen LogP contribution in [0, 0.1) is 0 Å². The zero-order chi connectivity index (χ0) is 7.56. The van der Waals surface area contributed by atoms with Gasteiger partial charge >= 0.3 is 0 Å². The second-order valence-corrected chi connectivity index (χ2v) is 3.55. The average Bonchev–Trinajstić information content (AvgIpc) is 2.34. The molecule has 0 aliphatic rings. The molecular weight excluding hydrogens is 168 g/mol. The quantitative estimate of drug-likeness (QED) is 0.693. The smallest absolute Gasteiger partial charge is 0.203 e. The molecule has 0 spiro atoms. The summed E-state index contributed by atoms with van der Waals surface area (Å²) in [4.78, 5) is 4.05. The SMILES string of the molecule is CCC(C)c1nsc(Cl)n1. The minimum atomic E-state index is 0.434. The van der Waals surface area contributed by atoms with Crippen molar-refractivity contribution in [2.24, 2.45) is 0 Å². The maximum atomic E-state index is 5.61. The molecule has 56 valence electrons. The summed E-state index contributed by atoms with van der Waals surface area (Å²) in [7, 11) is 0. The molecule has 0 amide bonds. The number of rotatable bonds is 2. The van der Waals surface area contributed by atoms with Gasteiger partial charge in [0.15, 0.2) is 0 Å². The highest BCUT2D eigenvalue weighted by atomic mass is 35.5. The Morgan fingerprint density at radius 3 is 2.80 bits per heavy atom. The van der Waals surface area contributed by atoms with Crippen molar-refractivity contribution in [1.82, 2.24) is 9.36 Å². The van der Waals surface area contributed by atoms with Gasteiger partial charge in [0.1, 0.15) is 5.82 Å². The van der Waals surface area contributed by atoms with Crippen LogP contribution in [0.25, 0.3) is 0 Å². The Morgan fingerprint density at radius 1 is 1.70 bits per heavy atom. The van der Waals surface area contributed by atoms with Crippen LogP contribution >= 0.6 is 23.1 Å². The molecule has 0 radical (unpaired) electrons. The Hall–Kier alpha value is -0.150. The Bertz CT molecular complexity index is 211. The van der Waals surface area contributed by atoms with Gasteiger partial charge in [0, 0.05) is 5.92 Å². The summed E-state index contributed by atoms with van der Waals surface area (Å²) in [6, 6.07) is 0. The highest BCUT2D eigenvalue weighted by Crippen LogP contribution is 2.19. The monoisotopic (exact) mass is 176 g/mol. The predicted molar refractivity (Wildman–Crippen MR) is 43.6 cm³/mol. The molecule has 0 N–H and O–H groups in total. The summed E-state index contributed by atoms with van der Waals surface area (Å²) in [5.74, 6) is 1.31. The number of hydrogen-bond acceptors (Lipinski definition) is 3. The van der Waals surface area contributed by atoms with Crippen LogP contribution in [-0.2, 0) is 0 Å². The first-order valence-electron chi connectivity index (χ1n) is 3.23. The lowest BCUT2D eigenvalue weighted by Gasteiger charge is -1.99. The fourth-order valence-electron chi connectivity index (χ4n) is 0.598. The van der Waals surface area contributed by atoms with Gasteiger partial charge in [0.05, 0.1) is 0 Å². The molecule has 1 rings (SSSR count). The van der Waals surface area contributed by atoms with Crippen LogP contribution in [0.2, 0.25) is 4.47 Å². The fraction of sp³-hybridized carbons (Fsp3) is 0.667. The van der Waals surface area contributed by atoms with E-state index in [0.29, 0.717) is 10.4 Å². The van der Waals surface area contributed by atoms with Crippen molar-refractivity contribution in [2.75, 3.05) is 0 Å². The van der Waals surface area contributed by atoms with Crippen molar-refractivity contribution in [2.45, 2.75) is 26.2 Å². The van der Waals surface area contributed by atoms with Crippen LogP contribution in [0.1, 0.15) is 32.0 Å². The molecular formula is C6H9ClN2S. The molecule has 0 fully saturated rings. The normalized spacial score (nSPS) is 13.5. The second-order valence-electron chi connectivity index (χ2n) is 2.21. The van der Waals surface area contributed by atoms with Gasteiger partial charge in [0.25, 0.3) is 0 Å². The van der Waals surface area contributed by atoms with Crippen LogP contribution in [0.3, 0.4) is 0 Å². The number of aromatic nitrogens is 2. The molecule has 10 heavy (non-hydrogen) atoms. The molecule has 1 heterocycles. The second kappa shape index (κ2) is 3.30. The lowest BCUT2D eigenvalue weighted by molar-refractivity contribution is 0.692. The summed E-state index contributed by atoms with van der Waals surface area (Å²) in [5.41, 5.74) is 0. The van der Waals surface area contributed by atoms with Gasteiger partial charge < -0.3 is 0 Å². The molecule has 1 aromatic rings. The molecule has 0 aromatic carbocycles. The first-order valence-corrected chi connectivity index (χ1v) is 4.38. The van der Waals surface area contributed by atoms with E-state index in [1.165, 1.54) is 11.5 Å². The largest absolute Gasteiger partial charge is 0.208 e. The van der Waals surface area contributed by atoms with Crippen LogP contribution < -0.4 is 0 Å². The standard InChI is InChI=1S/C6H9ClN2S/c1-3-4(2)5-8-6(7)10-9-5/h4H,3H2,1-2H3. The molecule has 0 saturated carbocycles. The summed E-state index contributed by atoms with van der Waals surface area (Å²) in [6.07, 6.45) is 1.06. The van der Waals surface area contributed by atoms with Crippen molar-refractivity contribution in [3.63, 3.8) is 0 Å². The van der Waals surface area contributed by atoms with Crippen LogP contribution in [0.5, 0.6) is 0 Å². The fourth-order valence-corrected chi connectivity index (χ4v) is 1.31. The molecule has 1 atom stereocenters. The molecule has 0 aliphatic carbocycles. The van der Waals surface area contributed by atoms with Gasteiger partial charge in [-0.05, 0) is 29.6 Å². The molecule has 1 aromatic heterocycles. The highest BCUT2D eigenvalue weighted by Gasteiger charge is 2.07. The van der Waals surface area contributed by atoms with Crippen LogP contribution in [0.4, 0.5) is 0 Å². The zero-order valence-electron chi connectivity index (χ0n) is 5.97. The van der Waals surface area contributed by atoms with Gasteiger partial charge in [-0.15, -0.1) is 0 Å². The Morgan fingerprint density at radius 2 is 2.40 bits per heavy atom. The van der Waals surface area contributed by atoms with Gasteiger partial charge in [0.2, 0.25) is 4.47 Å². The minimum absolute atomic E-state index is 0.434. The number of halogens is 1. The third kappa shape index (κ3) is 1.67. The summed E-state index contributed by atoms with van der Waals surface area (Å²) < 4.78 is 4.62. The zero-order valence-corrected chi connectivity index (χ0v) is 7.54. The van der Waals surface area contributed by atoms with Crippen molar-refractivity contribution in [3.8, 4) is 0 Å². The molecule has 0 aliphatic heterocycles. The van der Waals surface area contributed by atoms with E-state index < -0.39 is 0 Å². The van der Waals surface area contributed by atoms with E-state index in [1.54, 1.807) is 0 Å². The Balaban J connectivity index is 2.74. The minimum Gasteiger partial charge on any atom is -0.208 e. The van der Waals surface area contributed by atoms with Crippen molar-refractivity contribution >= 4 is 23.1 Å². The van der Waals surface area contributed by atoms with Crippen molar-refractivity contribution in [1.29, 1.82) is 0 Å². The van der Waals surface area contributed by atoms with E-state index in [9.17, 15) is 0 Å². The predicted octanol–water partition coefficient (Wildman–Crippen LogP) is 2.71. The van der Waals surface area contributed by atoms with Gasteiger partial charge in [-0.2, -0.15) is 4.37 Å². The first-order chi connectivity index (χ1) is 4.74. The lowest BCUT2D eigenvalue weighted by Crippen LogP contribution is -1.92. The lowest BCUT2D eigenvalue weighted by atomic mass is 10.1. The van der Waals surface area contributed by atoms with Gasteiger partial charge in [-0.3, -0.25) is 0 Å². The van der Waals surface area contributed by atoms with E-state index in [-0.39, 0.29) is 0 Å². The number of hydrogen-bond donors (Lipinski definition) is 0. The Labute approximate surface area is 69.4 Å². The van der Waals surface area contributed by atoms with E-state index >= 15 is 0 Å². The topological polar surface area (TPSA) is 25.8 Å². The highest BCUT2D eigenvalue weighted by molar-refractivity contribution is 7.10. The van der Waals surface area contributed by atoms with E-state index in [1.807, 2.05) is 0 Å². The maximum Gasteiger partial charge on any atom is 0.203 e. The van der Waals surface area contributed by atoms with Crippen molar-refractivity contribution < 1.29 is 0 Å². The van der Waals surface area contributed by atoms with Gasteiger partial charge in [-0.1, -0.05) is 13.8 Å². The molecule has 0 bridgehead atoms. The van der Waals surface area contributed by atoms with Crippen LogP contribution in [0.15, 0.2) is 0 Å². The summed E-state index contributed by atoms with van der Waals surface area (Å²) in [5, 5.41) is 0. The van der Waals surface area contributed by atoms with Crippen LogP contribution in [-0.4, -0.2) is 9.36 Å². The third-order valence-electron chi connectivity index (χ3n) is 1.47. The summed E-state index contributed by atoms with van der Waals surface area (Å²) >= 11 is 6.86. The van der Waals surface area contributed by atoms with E-state index in [4.69, 9.17) is 11.6 Å². The van der Waals surface area contributed by atoms with Gasteiger partial charge in [-0.25, -0.2) is 4.98 Å². The van der Waals surface area contributed by atoms with E-state index in [0.717, 1.165) is 12.2 Å². The van der Waals surface area contributed by atoms with Crippen molar-refractivity contribution in [3.05, 3.63) is 10.3 Å².